The van der Waals surface area contributed by atoms with Crippen molar-refractivity contribution in [3.05, 3.63) is 34.1 Å². The van der Waals surface area contributed by atoms with Gasteiger partial charge in [-0.25, -0.2) is 4.39 Å². The van der Waals surface area contributed by atoms with Gasteiger partial charge < -0.3 is 5.32 Å². The van der Waals surface area contributed by atoms with Gasteiger partial charge in [0.15, 0.2) is 0 Å². The molecule has 1 aromatic carbocycles. The maximum absolute atomic E-state index is 13.0. The zero-order valence-electron chi connectivity index (χ0n) is 9.77. The van der Waals surface area contributed by atoms with Gasteiger partial charge in [0.2, 0.25) is 0 Å². The summed E-state index contributed by atoms with van der Waals surface area (Å²) in [5.74, 6) is 0.479. The molecule has 17 heavy (non-hydrogen) atoms. The van der Waals surface area contributed by atoms with E-state index >= 15 is 0 Å². The summed E-state index contributed by atoms with van der Waals surface area (Å²) in [6.45, 7) is 1.92. The lowest BCUT2D eigenvalue weighted by molar-refractivity contribution is -0.384. The Morgan fingerprint density at radius 3 is 2.88 bits per heavy atom. The van der Waals surface area contributed by atoms with E-state index in [1.165, 1.54) is 6.07 Å². The molecule has 0 saturated carbocycles. The lowest BCUT2D eigenvalue weighted by Gasteiger charge is -2.14. The highest BCUT2D eigenvalue weighted by Gasteiger charge is 2.15. The van der Waals surface area contributed by atoms with Crippen molar-refractivity contribution in [1.29, 1.82) is 0 Å². The van der Waals surface area contributed by atoms with Gasteiger partial charge in [0.05, 0.1) is 4.92 Å². The Balaban J connectivity index is 2.81. The molecule has 1 rings (SSSR count). The quantitative estimate of drug-likeness (QED) is 0.628. The highest BCUT2D eigenvalue weighted by Crippen LogP contribution is 2.26. The number of anilines is 1. The minimum absolute atomic E-state index is 0.0722. The van der Waals surface area contributed by atoms with Gasteiger partial charge in [-0.05, 0) is 31.4 Å². The summed E-state index contributed by atoms with van der Waals surface area (Å²) in [7, 11) is 0. The second-order valence-electron chi connectivity index (χ2n) is 3.75. The van der Waals surface area contributed by atoms with Gasteiger partial charge in [-0.1, -0.05) is 0 Å². The van der Waals surface area contributed by atoms with E-state index in [9.17, 15) is 14.5 Å². The molecular weight excluding hydrogens is 243 g/mol. The fraction of sp³-hybridized carbons (Fsp3) is 0.455. The Hall–Kier alpha value is -1.30. The first-order chi connectivity index (χ1) is 8.04. The van der Waals surface area contributed by atoms with Crippen molar-refractivity contribution < 1.29 is 9.31 Å². The number of nitrogens with zero attached hydrogens (tertiary/aromatic N) is 1. The first kappa shape index (κ1) is 13.8. The van der Waals surface area contributed by atoms with Crippen LogP contribution in [0.25, 0.3) is 0 Å². The number of hydrogen-bond acceptors (Lipinski definition) is 4. The zero-order chi connectivity index (χ0) is 12.8. The maximum Gasteiger partial charge on any atom is 0.292 e. The molecule has 0 saturated heterocycles. The zero-order valence-corrected chi connectivity index (χ0v) is 10.6. The van der Waals surface area contributed by atoms with Crippen LogP contribution in [0.3, 0.4) is 0 Å². The normalized spacial score (nSPS) is 12.2. The van der Waals surface area contributed by atoms with E-state index in [-0.39, 0.29) is 17.4 Å². The van der Waals surface area contributed by atoms with Gasteiger partial charge in [0.25, 0.3) is 5.69 Å². The van der Waals surface area contributed by atoms with Crippen LogP contribution in [0.2, 0.25) is 0 Å². The van der Waals surface area contributed by atoms with Crippen LogP contribution in [0, 0.1) is 15.9 Å². The van der Waals surface area contributed by atoms with Gasteiger partial charge in [-0.15, -0.1) is 0 Å². The summed E-state index contributed by atoms with van der Waals surface area (Å²) in [4.78, 5) is 10.3. The minimum atomic E-state index is -0.511. The molecule has 4 nitrogen and oxygen atoms in total. The van der Waals surface area contributed by atoms with Crippen molar-refractivity contribution in [2.45, 2.75) is 19.4 Å². The smallest absolute Gasteiger partial charge is 0.292 e. The summed E-state index contributed by atoms with van der Waals surface area (Å²) >= 11 is 1.71. The average Bonchev–Trinajstić information content (AvgIpc) is 2.26. The second kappa shape index (κ2) is 6.44. The molecule has 94 valence electrons. The minimum Gasteiger partial charge on any atom is -0.377 e. The van der Waals surface area contributed by atoms with E-state index in [0.717, 1.165) is 24.3 Å². The number of halogens is 1. The van der Waals surface area contributed by atoms with Crippen LogP contribution in [0.4, 0.5) is 15.8 Å². The topological polar surface area (TPSA) is 55.2 Å². The molecule has 0 radical (unpaired) electrons. The molecule has 0 heterocycles. The molecule has 0 spiro atoms. The number of hydrogen-bond donors (Lipinski definition) is 1. The molecule has 6 heteroatoms. The lowest BCUT2D eigenvalue weighted by Crippen LogP contribution is -2.17. The van der Waals surface area contributed by atoms with Crippen molar-refractivity contribution in [3.63, 3.8) is 0 Å². The standard InChI is InChI=1S/C11H15FN2O2S/c1-8(5-6-17-2)13-10-7-9(12)3-4-11(10)14(15)16/h3-4,7-8,13H,5-6H2,1-2H3. The van der Waals surface area contributed by atoms with Gasteiger partial charge >= 0.3 is 0 Å². The fourth-order valence-electron chi connectivity index (χ4n) is 1.42. The Morgan fingerprint density at radius 2 is 2.29 bits per heavy atom. The Bertz CT molecular complexity index is 401. The van der Waals surface area contributed by atoms with Gasteiger partial charge in [-0.3, -0.25) is 10.1 Å². The van der Waals surface area contributed by atoms with E-state index in [2.05, 4.69) is 5.32 Å². The maximum atomic E-state index is 13.0. The Labute approximate surface area is 104 Å². The first-order valence-electron chi connectivity index (χ1n) is 5.24. The summed E-state index contributed by atoms with van der Waals surface area (Å²) in [6.07, 6.45) is 2.87. The molecule has 0 aliphatic heterocycles. The van der Waals surface area contributed by atoms with Crippen molar-refractivity contribution in [2.75, 3.05) is 17.3 Å². The molecule has 1 unspecified atom stereocenters. The van der Waals surface area contributed by atoms with E-state index in [1.807, 2.05) is 13.2 Å². The third kappa shape index (κ3) is 4.22. The van der Waals surface area contributed by atoms with Gasteiger partial charge in [-0.2, -0.15) is 11.8 Å². The monoisotopic (exact) mass is 258 g/mol. The average molecular weight is 258 g/mol. The van der Waals surface area contributed by atoms with Crippen molar-refractivity contribution in [3.8, 4) is 0 Å². The van der Waals surface area contributed by atoms with E-state index < -0.39 is 10.7 Å². The lowest BCUT2D eigenvalue weighted by atomic mass is 10.2. The van der Waals surface area contributed by atoms with E-state index in [1.54, 1.807) is 11.8 Å². The van der Waals surface area contributed by atoms with Crippen LogP contribution in [0.1, 0.15) is 13.3 Å². The highest BCUT2D eigenvalue weighted by atomic mass is 32.2. The van der Waals surface area contributed by atoms with Crippen LogP contribution < -0.4 is 5.32 Å². The molecule has 0 aliphatic carbocycles. The number of rotatable bonds is 6. The molecule has 0 aliphatic rings. The van der Waals surface area contributed by atoms with Crippen molar-refractivity contribution in [2.24, 2.45) is 0 Å². The highest BCUT2D eigenvalue weighted by molar-refractivity contribution is 7.98. The van der Waals surface area contributed by atoms with Gasteiger partial charge in [0, 0.05) is 18.2 Å². The van der Waals surface area contributed by atoms with Crippen LogP contribution in [0.5, 0.6) is 0 Å². The fourth-order valence-corrected chi connectivity index (χ4v) is 2.00. The second-order valence-corrected chi connectivity index (χ2v) is 4.73. The number of thioether (sulfide) groups is 1. The third-order valence-corrected chi connectivity index (χ3v) is 2.96. The Morgan fingerprint density at radius 1 is 1.59 bits per heavy atom. The molecule has 0 aromatic heterocycles. The number of nitro groups is 1. The molecule has 0 fully saturated rings. The third-order valence-electron chi connectivity index (χ3n) is 2.31. The first-order valence-corrected chi connectivity index (χ1v) is 6.63. The Kier molecular flexibility index (Phi) is 5.21. The number of nitro benzene ring substituents is 1. The SMILES string of the molecule is CSCCC(C)Nc1cc(F)ccc1[N+](=O)[O-]. The van der Waals surface area contributed by atoms with Crippen LogP contribution in [-0.4, -0.2) is 23.0 Å². The largest absolute Gasteiger partial charge is 0.377 e. The molecule has 1 atom stereocenters. The number of nitrogens with one attached hydrogen (secondary N) is 1. The van der Waals surface area contributed by atoms with Crippen molar-refractivity contribution >= 4 is 23.1 Å². The van der Waals surface area contributed by atoms with Crippen LogP contribution in [0.15, 0.2) is 18.2 Å². The number of benzene rings is 1. The summed E-state index contributed by atoms with van der Waals surface area (Å²) in [5.41, 5.74) is 0.144. The summed E-state index contributed by atoms with van der Waals surface area (Å²) < 4.78 is 13.0. The van der Waals surface area contributed by atoms with Crippen molar-refractivity contribution in [1.82, 2.24) is 0 Å². The summed E-state index contributed by atoms with van der Waals surface area (Å²) in [6, 6.07) is 3.51. The molecular formula is C11H15FN2O2S. The molecule has 0 bridgehead atoms. The predicted octanol–water partition coefficient (Wildman–Crippen LogP) is 3.29. The van der Waals surface area contributed by atoms with E-state index in [4.69, 9.17) is 0 Å². The summed E-state index contributed by atoms with van der Waals surface area (Å²) in [5, 5.41) is 13.7. The van der Waals surface area contributed by atoms with Crippen LogP contribution >= 0.6 is 11.8 Å². The van der Waals surface area contributed by atoms with Crippen LogP contribution in [-0.2, 0) is 0 Å². The molecule has 1 N–H and O–H groups in total. The predicted molar refractivity (Wildman–Crippen MR) is 69.1 cm³/mol. The molecule has 0 amide bonds. The van der Waals surface area contributed by atoms with E-state index in [0.29, 0.717) is 0 Å². The van der Waals surface area contributed by atoms with Gasteiger partial charge in [0.1, 0.15) is 11.5 Å². The molecule has 1 aromatic rings.